The number of benzene rings is 3. The van der Waals surface area contributed by atoms with Crippen LogP contribution in [0.25, 0.3) is 5.76 Å². The van der Waals surface area contributed by atoms with E-state index >= 15 is 0 Å². The maximum atomic E-state index is 13.3. The fourth-order valence-electron chi connectivity index (χ4n) is 4.03. The summed E-state index contributed by atoms with van der Waals surface area (Å²) in [7, 11) is 0. The van der Waals surface area contributed by atoms with Crippen molar-refractivity contribution in [1.82, 2.24) is 0 Å². The Bertz CT molecular complexity index is 1310. The minimum atomic E-state index is -0.922. The van der Waals surface area contributed by atoms with Crippen molar-refractivity contribution in [2.45, 2.75) is 26.8 Å². The first-order chi connectivity index (χ1) is 16.2. The number of amides is 1. The van der Waals surface area contributed by atoms with Crippen LogP contribution in [0.1, 0.15) is 35.2 Å². The van der Waals surface area contributed by atoms with Crippen molar-refractivity contribution < 1.29 is 24.5 Å². The molecule has 0 saturated carbocycles. The minimum Gasteiger partial charge on any atom is -0.508 e. The second-order valence-corrected chi connectivity index (χ2v) is 8.51. The molecule has 1 atom stereocenters. The van der Waals surface area contributed by atoms with Crippen LogP contribution in [0.15, 0.2) is 66.2 Å². The highest BCUT2D eigenvalue weighted by Gasteiger charge is 2.47. The molecule has 1 amide bonds. The van der Waals surface area contributed by atoms with Crippen LogP contribution in [-0.2, 0) is 9.59 Å². The maximum absolute atomic E-state index is 13.3. The molecule has 1 aliphatic heterocycles. The summed E-state index contributed by atoms with van der Waals surface area (Å²) in [4.78, 5) is 27.9. The lowest BCUT2D eigenvalue weighted by atomic mass is 9.94. The van der Waals surface area contributed by atoms with Gasteiger partial charge in [-0.25, -0.2) is 0 Å². The van der Waals surface area contributed by atoms with Gasteiger partial charge in [-0.3, -0.25) is 14.5 Å². The number of phenolic OH excluding ortho intramolecular Hbond substituents is 1. The fourth-order valence-corrected chi connectivity index (χ4v) is 4.24. The summed E-state index contributed by atoms with van der Waals surface area (Å²) in [5.74, 6) is -1.47. The molecule has 3 aromatic carbocycles. The third-order valence-corrected chi connectivity index (χ3v) is 6.26. The number of aliphatic hydroxyl groups is 1. The van der Waals surface area contributed by atoms with E-state index in [2.05, 4.69) is 0 Å². The van der Waals surface area contributed by atoms with Crippen molar-refractivity contribution >= 4 is 34.7 Å². The Morgan fingerprint density at radius 2 is 1.71 bits per heavy atom. The van der Waals surface area contributed by atoms with Crippen LogP contribution in [0.2, 0.25) is 5.02 Å². The Labute approximate surface area is 202 Å². The number of phenols is 1. The van der Waals surface area contributed by atoms with Crippen LogP contribution in [0, 0.1) is 13.8 Å². The van der Waals surface area contributed by atoms with Crippen molar-refractivity contribution in [1.29, 1.82) is 0 Å². The van der Waals surface area contributed by atoms with Crippen molar-refractivity contribution in [2.75, 3.05) is 11.5 Å². The number of aliphatic hydroxyl groups excluding tert-OH is 1. The van der Waals surface area contributed by atoms with Crippen LogP contribution in [0.3, 0.4) is 0 Å². The molecular formula is C27H24ClNO5. The second-order valence-electron chi connectivity index (χ2n) is 8.10. The monoisotopic (exact) mass is 477 g/mol. The molecule has 0 aliphatic carbocycles. The first-order valence-corrected chi connectivity index (χ1v) is 11.2. The molecule has 1 heterocycles. The number of ether oxygens (including phenoxy) is 1. The van der Waals surface area contributed by atoms with Gasteiger partial charge >= 0.3 is 0 Å². The zero-order valence-corrected chi connectivity index (χ0v) is 19.8. The summed E-state index contributed by atoms with van der Waals surface area (Å²) in [5, 5.41) is 21.3. The number of carbonyl (C=O) groups is 2. The molecule has 0 radical (unpaired) electrons. The molecule has 6 nitrogen and oxygen atoms in total. The Morgan fingerprint density at radius 1 is 1.00 bits per heavy atom. The molecule has 1 saturated heterocycles. The summed E-state index contributed by atoms with van der Waals surface area (Å²) >= 11 is 6.37. The van der Waals surface area contributed by atoms with Crippen LogP contribution in [0.5, 0.6) is 11.5 Å². The van der Waals surface area contributed by atoms with E-state index in [1.54, 1.807) is 36.4 Å². The third-order valence-electron chi connectivity index (χ3n) is 5.93. The highest BCUT2D eigenvalue weighted by Crippen LogP contribution is 2.43. The van der Waals surface area contributed by atoms with Gasteiger partial charge in [0.15, 0.2) is 0 Å². The lowest BCUT2D eigenvalue weighted by Crippen LogP contribution is -2.29. The van der Waals surface area contributed by atoms with Gasteiger partial charge in [-0.15, -0.1) is 0 Å². The van der Waals surface area contributed by atoms with Crippen LogP contribution in [-0.4, -0.2) is 28.5 Å². The van der Waals surface area contributed by atoms with E-state index in [1.165, 1.54) is 17.0 Å². The predicted molar refractivity (Wildman–Crippen MR) is 131 cm³/mol. The molecule has 2 N–H and O–H groups in total. The second kappa shape index (κ2) is 9.23. The number of rotatable bonds is 5. The van der Waals surface area contributed by atoms with E-state index in [1.807, 2.05) is 32.9 Å². The van der Waals surface area contributed by atoms with Gasteiger partial charge in [-0.05, 0) is 79.9 Å². The lowest BCUT2D eigenvalue weighted by Gasteiger charge is -2.26. The number of carbonyl (C=O) groups excluding carboxylic acids is 2. The Hall–Kier alpha value is -3.77. The number of aryl methyl sites for hydroxylation is 2. The quantitative estimate of drug-likeness (QED) is 0.280. The van der Waals surface area contributed by atoms with Crippen LogP contribution in [0.4, 0.5) is 5.69 Å². The third kappa shape index (κ3) is 4.13. The van der Waals surface area contributed by atoms with Crippen molar-refractivity contribution in [3.8, 4) is 11.5 Å². The standard InChI is InChI=1S/C27H24ClNO5/c1-4-34-20-11-12-22(28)21(14-20)25(31)23-24(17-6-9-19(30)10-7-17)29(27(33)26(23)32)18-8-5-15(2)16(3)13-18/h5-14,24,30-31H,4H2,1-3H3/b25-23+. The van der Waals surface area contributed by atoms with E-state index < -0.39 is 23.5 Å². The smallest absolute Gasteiger partial charge is 0.300 e. The number of hydrogen-bond acceptors (Lipinski definition) is 5. The molecular weight excluding hydrogens is 454 g/mol. The Balaban J connectivity index is 1.96. The normalized spacial score (nSPS) is 17.3. The first-order valence-electron chi connectivity index (χ1n) is 10.8. The van der Waals surface area contributed by atoms with Gasteiger partial charge in [0.2, 0.25) is 0 Å². The molecule has 0 bridgehead atoms. The highest BCUT2D eigenvalue weighted by atomic mass is 35.5. The molecule has 34 heavy (non-hydrogen) atoms. The summed E-state index contributed by atoms with van der Waals surface area (Å²) < 4.78 is 5.52. The van der Waals surface area contributed by atoms with Gasteiger partial charge in [-0.2, -0.15) is 0 Å². The number of aromatic hydroxyl groups is 1. The van der Waals surface area contributed by atoms with Gasteiger partial charge in [0, 0.05) is 11.3 Å². The topological polar surface area (TPSA) is 87.1 Å². The molecule has 4 rings (SSSR count). The van der Waals surface area contributed by atoms with E-state index in [9.17, 15) is 19.8 Å². The fraction of sp³-hybridized carbons (Fsp3) is 0.185. The summed E-state index contributed by atoms with van der Waals surface area (Å²) in [5.41, 5.74) is 3.17. The minimum absolute atomic E-state index is 0.0411. The molecule has 1 unspecified atom stereocenters. The summed E-state index contributed by atoms with van der Waals surface area (Å²) in [6.07, 6.45) is 0. The zero-order chi connectivity index (χ0) is 24.6. The number of Topliss-reactive ketones (excluding diaryl/α,β-unsaturated/α-hetero) is 1. The van der Waals surface area contributed by atoms with Gasteiger partial charge in [0.25, 0.3) is 11.7 Å². The molecule has 174 valence electrons. The first kappa shape index (κ1) is 23.4. The lowest BCUT2D eigenvalue weighted by molar-refractivity contribution is -0.132. The molecule has 3 aromatic rings. The number of ketones is 1. The predicted octanol–water partition coefficient (Wildman–Crippen LogP) is 5.69. The molecule has 1 aliphatic rings. The van der Waals surface area contributed by atoms with Crippen molar-refractivity contribution in [3.05, 3.63) is 93.5 Å². The van der Waals surface area contributed by atoms with Crippen molar-refractivity contribution in [2.24, 2.45) is 0 Å². The molecule has 7 heteroatoms. The number of halogens is 1. The summed E-state index contributed by atoms with van der Waals surface area (Å²) in [6, 6.07) is 15.5. The number of anilines is 1. The van der Waals surface area contributed by atoms with E-state index in [0.717, 1.165) is 11.1 Å². The van der Waals surface area contributed by atoms with Gasteiger partial charge < -0.3 is 14.9 Å². The Kier molecular flexibility index (Phi) is 6.35. The largest absolute Gasteiger partial charge is 0.508 e. The Morgan fingerprint density at radius 3 is 2.35 bits per heavy atom. The molecule has 0 aromatic heterocycles. The van der Waals surface area contributed by atoms with E-state index in [-0.39, 0.29) is 21.9 Å². The highest BCUT2D eigenvalue weighted by molar-refractivity contribution is 6.52. The average Bonchev–Trinajstić information content (AvgIpc) is 3.08. The van der Waals surface area contributed by atoms with Gasteiger partial charge in [-0.1, -0.05) is 29.8 Å². The molecule has 0 spiro atoms. The van der Waals surface area contributed by atoms with Gasteiger partial charge in [0.05, 0.1) is 23.2 Å². The average molecular weight is 478 g/mol. The summed E-state index contributed by atoms with van der Waals surface area (Å²) in [6.45, 7) is 6.11. The maximum Gasteiger partial charge on any atom is 0.300 e. The number of hydrogen-bond donors (Lipinski definition) is 2. The van der Waals surface area contributed by atoms with E-state index in [4.69, 9.17) is 16.3 Å². The van der Waals surface area contributed by atoms with Crippen LogP contribution >= 0.6 is 11.6 Å². The van der Waals surface area contributed by atoms with Crippen molar-refractivity contribution in [3.63, 3.8) is 0 Å². The van der Waals surface area contributed by atoms with Gasteiger partial charge in [0.1, 0.15) is 17.3 Å². The molecule has 1 fully saturated rings. The SMILES string of the molecule is CCOc1ccc(Cl)c(/C(O)=C2\C(=O)C(=O)N(c3ccc(C)c(C)c3)C2c2ccc(O)cc2)c1. The van der Waals surface area contributed by atoms with Crippen LogP contribution < -0.4 is 9.64 Å². The zero-order valence-electron chi connectivity index (χ0n) is 19.0. The number of nitrogens with zero attached hydrogens (tertiary/aromatic N) is 1. The van der Waals surface area contributed by atoms with E-state index in [0.29, 0.717) is 23.6 Å².